The molecule has 1 aromatic rings. The second kappa shape index (κ2) is 4.08. The second-order valence-corrected chi connectivity index (χ2v) is 4.39. The van der Waals surface area contributed by atoms with Gasteiger partial charge in [0.1, 0.15) is 11.5 Å². The van der Waals surface area contributed by atoms with Crippen LogP contribution in [0.1, 0.15) is 18.4 Å². The van der Waals surface area contributed by atoms with Gasteiger partial charge in [-0.3, -0.25) is 4.79 Å². The van der Waals surface area contributed by atoms with Gasteiger partial charge in [0.05, 0.1) is 17.3 Å². The smallest absolute Gasteiger partial charge is 0.244 e. The minimum Gasteiger partial charge on any atom is -0.323 e. The number of anilines is 1. The summed E-state index contributed by atoms with van der Waals surface area (Å²) in [7, 11) is 0. The lowest BCUT2D eigenvalue weighted by molar-refractivity contribution is -0.119. The zero-order valence-electron chi connectivity index (χ0n) is 8.83. The second-order valence-electron chi connectivity index (χ2n) is 3.95. The van der Waals surface area contributed by atoms with Crippen molar-refractivity contribution in [2.24, 2.45) is 5.41 Å². The van der Waals surface area contributed by atoms with Crippen LogP contribution in [-0.2, 0) is 4.79 Å². The maximum atomic E-state index is 11.8. The molecule has 0 bridgehead atoms. The summed E-state index contributed by atoms with van der Waals surface area (Å²) < 4.78 is 0. The van der Waals surface area contributed by atoms with Crippen LogP contribution in [0.5, 0.6) is 0 Å². The molecule has 2 rings (SSSR count). The molecular formula is C12H8ClN3O. The Morgan fingerprint density at radius 2 is 2.12 bits per heavy atom. The highest BCUT2D eigenvalue weighted by atomic mass is 35.5. The van der Waals surface area contributed by atoms with Crippen molar-refractivity contribution in [2.75, 3.05) is 5.32 Å². The molecule has 1 fully saturated rings. The first-order valence-corrected chi connectivity index (χ1v) is 5.41. The molecule has 5 heteroatoms. The van der Waals surface area contributed by atoms with Crippen LogP contribution in [-0.4, -0.2) is 5.91 Å². The van der Waals surface area contributed by atoms with Gasteiger partial charge >= 0.3 is 0 Å². The number of hydrogen-bond donors (Lipinski definition) is 1. The van der Waals surface area contributed by atoms with Crippen molar-refractivity contribution < 1.29 is 4.79 Å². The summed E-state index contributed by atoms with van der Waals surface area (Å²) in [5, 5.41) is 20.8. The molecule has 1 N–H and O–H groups in total. The summed E-state index contributed by atoms with van der Waals surface area (Å²) in [6.45, 7) is 0. The summed E-state index contributed by atoms with van der Waals surface area (Å²) >= 11 is 5.80. The van der Waals surface area contributed by atoms with Crippen LogP contribution in [0.4, 0.5) is 5.69 Å². The molecule has 0 radical (unpaired) electrons. The average molecular weight is 246 g/mol. The van der Waals surface area contributed by atoms with Gasteiger partial charge < -0.3 is 5.32 Å². The van der Waals surface area contributed by atoms with Gasteiger partial charge in [-0.15, -0.1) is 0 Å². The number of carbonyl (C=O) groups is 1. The summed E-state index contributed by atoms with van der Waals surface area (Å²) in [6.07, 6.45) is 1.13. The highest BCUT2D eigenvalue weighted by Crippen LogP contribution is 2.45. The number of hydrogen-bond acceptors (Lipinski definition) is 3. The number of nitrogens with zero attached hydrogens (tertiary/aromatic N) is 2. The molecular weight excluding hydrogens is 238 g/mol. The maximum Gasteiger partial charge on any atom is 0.244 e. The fourth-order valence-electron chi connectivity index (χ4n) is 1.47. The molecule has 0 aromatic heterocycles. The molecule has 0 atom stereocenters. The Balaban J connectivity index is 2.25. The van der Waals surface area contributed by atoms with Crippen molar-refractivity contribution in [3.05, 3.63) is 28.8 Å². The molecule has 17 heavy (non-hydrogen) atoms. The van der Waals surface area contributed by atoms with Crippen molar-refractivity contribution in [1.82, 2.24) is 0 Å². The molecule has 1 aliphatic carbocycles. The molecule has 0 heterocycles. The summed E-state index contributed by atoms with van der Waals surface area (Å²) in [6, 6.07) is 8.57. The molecule has 1 amide bonds. The van der Waals surface area contributed by atoms with Gasteiger partial charge in [-0.1, -0.05) is 11.6 Å². The van der Waals surface area contributed by atoms with Gasteiger partial charge in [-0.05, 0) is 31.0 Å². The van der Waals surface area contributed by atoms with Crippen LogP contribution in [0, 0.1) is 28.1 Å². The van der Waals surface area contributed by atoms with Crippen molar-refractivity contribution >= 4 is 23.2 Å². The largest absolute Gasteiger partial charge is 0.323 e. The van der Waals surface area contributed by atoms with E-state index < -0.39 is 5.41 Å². The van der Waals surface area contributed by atoms with E-state index in [4.69, 9.17) is 22.1 Å². The Bertz CT molecular complexity index is 564. The standard InChI is InChI=1S/C12H8ClN3O/c13-9-2-1-8(6-14)10(5-9)16-11(17)12(7-15)3-4-12/h1-2,5H,3-4H2,(H,16,17). The van der Waals surface area contributed by atoms with Crippen LogP contribution >= 0.6 is 11.6 Å². The van der Waals surface area contributed by atoms with Crippen LogP contribution in [0.2, 0.25) is 5.02 Å². The SMILES string of the molecule is N#Cc1ccc(Cl)cc1NC(=O)C1(C#N)CC1. The highest BCUT2D eigenvalue weighted by Gasteiger charge is 2.50. The van der Waals surface area contributed by atoms with Gasteiger partial charge in [0.2, 0.25) is 5.91 Å². The number of halogens is 1. The third kappa shape index (κ3) is 2.08. The summed E-state index contributed by atoms with van der Waals surface area (Å²) in [5.74, 6) is -0.362. The lowest BCUT2D eigenvalue weighted by atomic mass is 10.1. The predicted octanol–water partition coefficient (Wildman–Crippen LogP) is 2.45. The zero-order chi connectivity index (χ0) is 12.5. The van der Waals surface area contributed by atoms with Crippen molar-refractivity contribution in [1.29, 1.82) is 10.5 Å². The Hall–Kier alpha value is -2.04. The first-order valence-electron chi connectivity index (χ1n) is 5.04. The van der Waals surface area contributed by atoms with Crippen LogP contribution in [0.25, 0.3) is 0 Å². The van der Waals surface area contributed by atoms with E-state index in [1.54, 1.807) is 6.07 Å². The van der Waals surface area contributed by atoms with Gasteiger partial charge in [0.25, 0.3) is 0 Å². The van der Waals surface area contributed by atoms with E-state index in [2.05, 4.69) is 5.32 Å². The van der Waals surface area contributed by atoms with E-state index in [9.17, 15) is 4.79 Å². The minimum atomic E-state index is -0.908. The lowest BCUT2D eigenvalue weighted by Crippen LogP contribution is -2.23. The maximum absolute atomic E-state index is 11.8. The Kier molecular flexibility index (Phi) is 2.75. The first kappa shape index (κ1) is 11.4. The van der Waals surface area contributed by atoms with E-state index in [1.165, 1.54) is 12.1 Å². The van der Waals surface area contributed by atoms with Gasteiger partial charge in [-0.2, -0.15) is 10.5 Å². The molecule has 0 spiro atoms. The lowest BCUT2D eigenvalue weighted by Gasteiger charge is -2.09. The third-order valence-electron chi connectivity index (χ3n) is 2.75. The summed E-state index contributed by atoms with van der Waals surface area (Å²) in [5.41, 5.74) is -0.224. The molecule has 4 nitrogen and oxygen atoms in total. The van der Waals surface area contributed by atoms with Crippen LogP contribution < -0.4 is 5.32 Å². The van der Waals surface area contributed by atoms with Gasteiger partial charge in [0.15, 0.2) is 0 Å². The fraction of sp³-hybridized carbons (Fsp3) is 0.250. The molecule has 0 unspecified atom stereocenters. The van der Waals surface area contributed by atoms with E-state index in [0.29, 0.717) is 29.1 Å². The van der Waals surface area contributed by atoms with E-state index >= 15 is 0 Å². The van der Waals surface area contributed by atoms with Crippen molar-refractivity contribution in [3.8, 4) is 12.1 Å². The van der Waals surface area contributed by atoms with Crippen molar-refractivity contribution in [3.63, 3.8) is 0 Å². The van der Waals surface area contributed by atoms with E-state index in [1.807, 2.05) is 12.1 Å². The minimum absolute atomic E-state index is 0.330. The Morgan fingerprint density at radius 1 is 1.41 bits per heavy atom. The predicted molar refractivity (Wildman–Crippen MR) is 62.1 cm³/mol. The van der Waals surface area contributed by atoms with Gasteiger partial charge in [-0.25, -0.2) is 0 Å². The number of amides is 1. The molecule has 0 saturated heterocycles. The zero-order valence-corrected chi connectivity index (χ0v) is 9.58. The third-order valence-corrected chi connectivity index (χ3v) is 2.98. The molecule has 84 valence electrons. The van der Waals surface area contributed by atoms with Crippen LogP contribution in [0.15, 0.2) is 18.2 Å². The normalized spacial score (nSPS) is 15.5. The fourth-order valence-corrected chi connectivity index (χ4v) is 1.65. The quantitative estimate of drug-likeness (QED) is 0.869. The van der Waals surface area contributed by atoms with E-state index in [-0.39, 0.29) is 5.91 Å². The van der Waals surface area contributed by atoms with Gasteiger partial charge in [0, 0.05) is 5.02 Å². The Morgan fingerprint density at radius 3 is 2.65 bits per heavy atom. The van der Waals surface area contributed by atoms with E-state index in [0.717, 1.165) is 0 Å². The molecule has 1 saturated carbocycles. The highest BCUT2D eigenvalue weighted by molar-refractivity contribution is 6.31. The number of benzene rings is 1. The number of rotatable bonds is 2. The molecule has 1 aliphatic rings. The number of carbonyl (C=O) groups excluding carboxylic acids is 1. The number of nitrogens with one attached hydrogen (secondary N) is 1. The van der Waals surface area contributed by atoms with Crippen LogP contribution in [0.3, 0.4) is 0 Å². The first-order chi connectivity index (χ1) is 8.11. The topological polar surface area (TPSA) is 76.7 Å². The molecule has 0 aliphatic heterocycles. The Labute approximate surface area is 103 Å². The summed E-state index contributed by atoms with van der Waals surface area (Å²) in [4.78, 5) is 11.8. The monoisotopic (exact) mass is 245 g/mol. The number of nitriles is 2. The molecule has 1 aromatic carbocycles. The average Bonchev–Trinajstić information content (AvgIpc) is 3.10. The van der Waals surface area contributed by atoms with Crippen molar-refractivity contribution in [2.45, 2.75) is 12.8 Å².